The number of halogens is 5. The minimum absolute atomic E-state index is 0.0647. The Labute approximate surface area is 115 Å². The first-order valence-electron chi connectivity index (χ1n) is 5.25. The molecule has 0 bridgehead atoms. The summed E-state index contributed by atoms with van der Waals surface area (Å²) in [6.45, 7) is 0. The molecule has 2 rings (SSSR count). The highest BCUT2D eigenvalue weighted by atomic mass is 79.9. The number of benzene rings is 2. The fourth-order valence-electron chi connectivity index (χ4n) is 1.65. The molecular formula is C13H8BrF4N. The van der Waals surface area contributed by atoms with Crippen LogP contribution >= 0.6 is 15.9 Å². The summed E-state index contributed by atoms with van der Waals surface area (Å²) in [4.78, 5) is 0. The first kappa shape index (κ1) is 14.0. The van der Waals surface area contributed by atoms with Gasteiger partial charge in [-0.2, -0.15) is 0 Å². The summed E-state index contributed by atoms with van der Waals surface area (Å²) in [6, 6.07) is 4.72. The summed E-state index contributed by atoms with van der Waals surface area (Å²) >= 11 is 2.99. The van der Waals surface area contributed by atoms with E-state index >= 15 is 0 Å². The lowest BCUT2D eigenvalue weighted by atomic mass is 9.99. The van der Waals surface area contributed by atoms with Crippen LogP contribution in [0.4, 0.5) is 17.6 Å². The Morgan fingerprint density at radius 1 is 0.842 bits per heavy atom. The molecule has 0 amide bonds. The van der Waals surface area contributed by atoms with Gasteiger partial charge in [-0.1, -0.05) is 6.07 Å². The summed E-state index contributed by atoms with van der Waals surface area (Å²) in [7, 11) is 0. The van der Waals surface area contributed by atoms with Crippen LogP contribution in [0.15, 0.2) is 34.8 Å². The van der Waals surface area contributed by atoms with Gasteiger partial charge in [-0.05, 0) is 51.3 Å². The second-order valence-corrected chi connectivity index (χ2v) is 4.80. The molecule has 0 aromatic heterocycles. The number of hydrogen-bond donors (Lipinski definition) is 1. The number of nitrogens with two attached hydrogens (primary N) is 1. The molecule has 0 spiro atoms. The topological polar surface area (TPSA) is 26.0 Å². The molecule has 6 heteroatoms. The molecule has 2 aromatic rings. The van der Waals surface area contributed by atoms with Crippen molar-refractivity contribution < 1.29 is 17.6 Å². The van der Waals surface area contributed by atoms with Crippen molar-refractivity contribution in [2.24, 2.45) is 5.73 Å². The Bertz CT molecular complexity index is 607. The van der Waals surface area contributed by atoms with Gasteiger partial charge in [0.15, 0.2) is 17.5 Å². The smallest absolute Gasteiger partial charge is 0.194 e. The second-order valence-electron chi connectivity index (χ2n) is 3.95. The molecule has 0 saturated heterocycles. The quantitative estimate of drug-likeness (QED) is 0.651. The van der Waals surface area contributed by atoms with E-state index in [0.717, 1.165) is 12.1 Å². The zero-order chi connectivity index (χ0) is 14.2. The van der Waals surface area contributed by atoms with Crippen LogP contribution in [0.2, 0.25) is 0 Å². The molecule has 2 N–H and O–H groups in total. The van der Waals surface area contributed by atoms with E-state index in [1.54, 1.807) is 0 Å². The van der Waals surface area contributed by atoms with Gasteiger partial charge in [-0.3, -0.25) is 0 Å². The van der Waals surface area contributed by atoms with Crippen molar-refractivity contribution >= 4 is 15.9 Å². The molecule has 100 valence electrons. The van der Waals surface area contributed by atoms with Crippen LogP contribution in [-0.2, 0) is 0 Å². The van der Waals surface area contributed by atoms with Gasteiger partial charge in [-0.15, -0.1) is 0 Å². The molecule has 19 heavy (non-hydrogen) atoms. The molecule has 0 aliphatic heterocycles. The average Bonchev–Trinajstić information content (AvgIpc) is 2.37. The molecule has 0 heterocycles. The van der Waals surface area contributed by atoms with Crippen LogP contribution in [0.5, 0.6) is 0 Å². The van der Waals surface area contributed by atoms with Crippen molar-refractivity contribution in [3.63, 3.8) is 0 Å². The molecule has 0 fully saturated rings. The SMILES string of the molecule is NC(c1cc(F)c(F)c(F)c1)c1ccc(F)c(Br)c1. The minimum atomic E-state index is -1.55. The van der Waals surface area contributed by atoms with Gasteiger partial charge in [0.25, 0.3) is 0 Å². The zero-order valence-electron chi connectivity index (χ0n) is 9.43. The molecular weight excluding hydrogens is 326 g/mol. The average molecular weight is 334 g/mol. The summed E-state index contributed by atoms with van der Waals surface area (Å²) in [5.41, 5.74) is 6.33. The number of rotatable bonds is 2. The standard InChI is InChI=1S/C13H8BrF4N/c14-8-3-6(1-2-9(8)15)13(19)7-4-10(16)12(18)11(17)5-7/h1-5,13H,19H2. The Hall–Kier alpha value is -1.40. The third-order valence-corrected chi connectivity index (χ3v) is 3.28. The predicted octanol–water partition coefficient (Wildman–Crippen LogP) is 4.05. The Morgan fingerprint density at radius 3 is 1.95 bits per heavy atom. The zero-order valence-corrected chi connectivity index (χ0v) is 11.0. The molecule has 1 nitrogen and oxygen atoms in total. The van der Waals surface area contributed by atoms with Gasteiger partial charge in [0.1, 0.15) is 5.82 Å². The molecule has 0 aliphatic carbocycles. The van der Waals surface area contributed by atoms with Crippen LogP contribution in [0.25, 0.3) is 0 Å². The maximum absolute atomic E-state index is 13.1. The molecule has 0 radical (unpaired) electrons. The maximum Gasteiger partial charge on any atom is 0.194 e. The monoisotopic (exact) mass is 333 g/mol. The van der Waals surface area contributed by atoms with Gasteiger partial charge in [-0.25, -0.2) is 17.6 Å². The summed E-state index contributed by atoms with van der Waals surface area (Å²) in [6.07, 6.45) is 0. The lowest BCUT2D eigenvalue weighted by molar-refractivity contribution is 0.444. The van der Waals surface area contributed by atoms with Crippen LogP contribution in [0.1, 0.15) is 17.2 Å². The van der Waals surface area contributed by atoms with Crippen molar-refractivity contribution in [2.75, 3.05) is 0 Å². The highest BCUT2D eigenvalue weighted by molar-refractivity contribution is 9.10. The van der Waals surface area contributed by atoms with E-state index in [9.17, 15) is 17.6 Å². The molecule has 1 atom stereocenters. The van der Waals surface area contributed by atoms with Crippen molar-refractivity contribution in [1.82, 2.24) is 0 Å². The third-order valence-electron chi connectivity index (χ3n) is 2.67. The molecule has 0 aliphatic rings. The molecule has 1 unspecified atom stereocenters. The van der Waals surface area contributed by atoms with Gasteiger partial charge < -0.3 is 5.73 Å². The van der Waals surface area contributed by atoms with E-state index in [4.69, 9.17) is 5.73 Å². The second kappa shape index (κ2) is 5.30. The normalized spacial score (nSPS) is 12.5. The van der Waals surface area contributed by atoms with E-state index in [1.165, 1.54) is 18.2 Å². The Kier molecular flexibility index (Phi) is 3.91. The van der Waals surface area contributed by atoms with Gasteiger partial charge >= 0.3 is 0 Å². The van der Waals surface area contributed by atoms with E-state index in [0.29, 0.717) is 5.56 Å². The predicted molar refractivity (Wildman–Crippen MR) is 66.4 cm³/mol. The van der Waals surface area contributed by atoms with E-state index in [2.05, 4.69) is 15.9 Å². The highest BCUT2D eigenvalue weighted by Crippen LogP contribution is 2.26. The fourth-order valence-corrected chi connectivity index (χ4v) is 2.05. The van der Waals surface area contributed by atoms with Crippen LogP contribution < -0.4 is 5.73 Å². The van der Waals surface area contributed by atoms with E-state index in [-0.39, 0.29) is 10.0 Å². The lowest BCUT2D eigenvalue weighted by Crippen LogP contribution is -2.13. The Balaban J connectivity index is 2.43. The number of hydrogen-bond acceptors (Lipinski definition) is 1. The maximum atomic E-state index is 13.1. The van der Waals surface area contributed by atoms with Crippen LogP contribution in [0, 0.1) is 23.3 Å². The molecule has 2 aromatic carbocycles. The van der Waals surface area contributed by atoms with Crippen molar-refractivity contribution in [3.8, 4) is 0 Å². The Morgan fingerprint density at radius 2 is 1.42 bits per heavy atom. The van der Waals surface area contributed by atoms with E-state index < -0.39 is 29.3 Å². The third kappa shape index (κ3) is 2.79. The minimum Gasteiger partial charge on any atom is -0.320 e. The first-order chi connectivity index (χ1) is 8.90. The van der Waals surface area contributed by atoms with Crippen molar-refractivity contribution in [2.45, 2.75) is 6.04 Å². The highest BCUT2D eigenvalue weighted by Gasteiger charge is 2.16. The van der Waals surface area contributed by atoms with Crippen LogP contribution in [0.3, 0.4) is 0 Å². The van der Waals surface area contributed by atoms with E-state index in [1.807, 2.05) is 0 Å². The van der Waals surface area contributed by atoms with Gasteiger partial charge in [0.05, 0.1) is 10.5 Å². The largest absolute Gasteiger partial charge is 0.320 e. The fraction of sp³-hybridized carbons (Fsp3) is 0.0769. The summed E-state index contributed by atoms with van der Waals surface area (Å²) in [5.74, 6) is -4.65. The first-order valence-corrected chi connectivity index (χ1v) is 6.04. The van der Waals surface area contributed by atoms with Crippen molar-refractivity contribution in [1.29, 1.82) is 0 Å². The van der Waals surface area contributed by atoms with Crippen LogP contribution in [-0.4, -0.2) is 0 Å². The lowest BCUT2D eigenvalue weighted by Gasteiger charge is -2.14. The van der Waals surface area contributed by atoms with Gasteiger partial charge in [0, 0.05) is 0 Å². The summed E-state index contributed by atoms with van der Waals surface area (Å²) in [5, 5.41) is 0. The molecule has 0 saturated carbocycles. The summed E-state index contributed by atoms with van der Waals surface area (Å²) < 4.78 is 52.4. The van der Waals surface area contributed by atoms with Crippen molar-refractivity contribution in [3.05, 3.63) is 69.2 Å². The van der Waals surface area contributed by atoms with Gasteiger partial charge in [0.2, 0.25) is 0 Å².